The van der Waals surface area contributed by atoms with Crippen LogP contribution in [0, 0.1) is 0 Å². The Hall–Kier alpha value is -5.48. The number of benzene rings is 6. The van der Waals surface area contributed by atoms with Gasteiger partial charge >= 0.3 is 0 Å². The SMILES string of the molecule is CCCCN1c2ccccc2C(C)(C)C12C=Cc1cc3ccccc3c(-c3c4c(cc5ccccc35)C=CC3(O4)N(CCCC)c4ccccc4C3(C)C)c1O2. The van der Waals surface area contributed by atoms with Crippen LogP contribution in [0.1, 0.15) is 89.5 Å². The minimum Gasteiger partial charge on any atom is -0.462 e. The largest absolute Gasteiger partial charge is 0.462 e. The van der Waals surface area contributed by atoms with E-state index in [9.17, 15) is 0 Å². The number of anilines is 2. The Bertz CT molecular complexity index is 2430. The first-order valence-electron chi connectivity index (χ1n) is 20.8. The van der Waals surface area contributed by atoms with Crippen molar-refractivity contribution in [3.63, 3.8) is 0 Å². The number of nitrogens with zero attached hydrogens (tertiary/aromatic N) is 2. The molecule has 2 unspecified atom stereocenters. The van der Waals surface area contributed by atoms with Gasteiger partial charge in [0, 0.05) is 46.7 Å². The van der Waals surface area contributed by atoms with E-state index in [1.165, 1.54) is 33.3 Å². The van der Waals surface area contributed by atoms with Crippen molar-refractivity contribution in [1.82, 2.24) is 0 Å². The number of ether oxygens (including phenoxy) is 2. The van der Waals surface area contributed by atoms with Gasteiger partial charge in [-0.2, -0.15) is 0 Å². The third kappa shape index (κ3) is 4.59. The Labute approximate surface area is 332 Å². The van der Waals surface area contributed by atoms with Crippen molar-refractivity contribution < 1.29 is 9.47 Å². The van der Waals surface area contributed by atoms with Gasteiger partial charge in [-0.3, -0.25) is 0 Å². The molecule has 0 saturated heterocycles. The van der Waals surface area contributed by atoms with Crippen LogP contribution in [0.3, 0.4) is 0 Å². The van der Waals surface area contributed by atoms with E-state index in [0.717, 1.165) is 83.3 Å². The molecule has 0 aromatic heterocycles. The smallest absolute Gasteiger partial charge is 0.212 e. The van der Waals surface area contributed by atoms with Crippen molar-refractivity contribution in [2.45, 2.75) is 89.5 Å². The average Bonchev–Trinajstić information content (AvgIpc) is 3.51. The average molecular weight is 737 g/mol. The van der Waals surface area contributed by atoms with Crippen molar-refractivity contribution in [3.05, 3.63) is 144 Å². The van der Waals surface area contributed by atoms with Crippen molar-refractivity contribution in [2.75, 3.05) is 22.9 Å². The summed E-state index contributed by atoms with van der Waals surface area (Å²) < 4.78 is 15.7. The molecule has 2 atom stereocenters. The van der Waals surface area contributed by atoms with Gasteiger partial charge in [0.1, 0.15) is 11.5 Å². The summed E-state index contributed by atoms with van der Waals surface area (Å²) in [5.74, 6) is 1.83. The molecule has 4 aliphatic heterocycles. The maximum absolute atomic E-state index is 7.86. The van der Waals surface area contributed by atoms with Gasteiger partial charge in [-0.05, 0) is 122 Å². The van der Waals surface area contributed by atoms with Crippen LogP contribution in [-0.2, 0) is 10.8 Å². The highest BCUT2D eigenvalue weighted by Gasteiger charge is 2.60. The lowest BCUT2D eigenvalue weighted by molar-refractivity contribution is 0.0521. The number of rotatable bonds is 7. The Morgan fingerprint density at radius 2 is 0.893 bits per heavy atom. The van der Waals surface area contributed by atoms with Crippen molar-refractivity contribution in [1.29, 1.82) is 0 Å². The van der Waals surface area contributed by atoms with Gasteiger partial charge < -0.3 is 19.3 Å². The highest BCUT2D eigenvalue weighted by molar-refractivity contribution is 6.12. The molecule has 2 spiro atoms. The van der Waals surface area contributed by atoms with E-state index >= 15 is 0 Å². The van der Waals surface area contributed by atoms with Gasteiger partial charge in [0.2, 0.25) is 11.4 Å². The zero-order valence-corrected chi connectivity index (χ0v) is 33.7. The van der Waals surface area contributed by atoms with E-state index in [-0.39, 0.29) is 10.8 Å². The first-order valence-corrected chi connectivity index (χ1v) is 20.8. The van der Waals surface area contributed by atoms with Gasteiger partial charge in [0.15, 0.2) is 0 Å². The molecule has 4 heteroatoms. The summed E-state index contributed by atoms with van der Waals surface area (Å²) in [5, 5.41) is 4.69. The Kier molecular flexibility index (Phi) is 7.81. The molecule has 0 fully saturated rings. The van der Waals surface area contributed by atoms with Gasteiger partial charge in [0.05, 0.1) is 10.8 Å². The fourth-order valence-electron chi connectivity index (χ4n) is 10.5. The molecule has 6 aromatic carbocycles. The summed E-state index contributed by atoms with van der Waals surface area (Å²) in [4.78, 5) is 5.09. The van der Waals surface area contributed by atoms with E-state index in [1.54, 1.807) is 0 Å². The summed E-state index contributed by atoms with van der Waals surface area (Å²) in [5.41, 5.74) is 7.39. The fraction of sp³-hybridized carbons (Fsp3) is 0.308. The van der Waals surface area contributed by atoms with Gasteiger partial charge in [0.25, 0.3) is 0 Å². The Morgan fingerprint density at radius 1 is 0.500 bits per heavy atom. The maximum Gasteiger partial charge on any atom is 0.212 e. The second-order valence-electron chi connectivity index (χ2n) is 17.3. The quantitative estimate of drug-likeness (QED) is 0.163. The van der Waals surface area contributed by atoms with Crippen LogP contribution in [0.5, 0.6) is 11.5 Å². The van der Waals surface area contributed by atoms with Crippen LogP contribution in [0.15, 0.2) is 121 Å². The third-order valence-corrected chi connectivity index (χ3v) is 13.6. The predicted molar refractivity (Wildman–Crippen MR) is 235 cm³/mol. The molecule has 4 heterocycles. The molecule has 0 amide bonds. The summed E-state index contributed by atoms with van der Waals surface area (Å²) in [6.45, 7) is 15.8. The lowest BCUT2D eigenvalue weighted by Gasteiger charge is -2.48. The molecule has 0 bridgehead atoms. The molecule has 282 valence electrons. The second kappa shape index (κ2) is 12.5. The van der Waals surface area contributed by atoms with Crippen LogP contribution in [0.2, 0.25) is 0 Å². The summed E-state index contributed by atoms with van der Waals surface area (Å²) in [6.07, 6.45) is 13.7. The summed E-state index contributed by atoms with van der Waals surface area (Å²) in [6, 6.07) is 40.1. The number of fused-ring (bicyclic) bond motifs is 6. The van der Waals surface area contributed by atoms with Crippen LogP contribution in [0.25, 0.3) is 44.8 Å². The minimum absolute atomic E-state index is 0.338. The van der Waals surface area contributed by atoms with Gasteiger partial charge in [-0.1, -0.05) is 112 Å². The molecule has 6 aromatic rings. The van der Waals surface area contributed by atoms with E-state index < -0.39 is 11.4 Å². The number of hydrogen-bond donors (Lipinski definition) is 0. The molecule has 4 nitrogen and oxygen atoms in total. The van der Waals surface area contributed by atoms with E-state index in [4.69, 9.17) is 9.47 Å². The normalized spacial score (nSPS) is 22.0. The minimum atomic E-state index is -0.727. The molecule has 10 rings (SSSR count). The highest BCUT2D eigenvalue weighted by atomic mass is 16.5. The maximum atomic E-state index is 7.86. The first-order chi connectivity index (χ1) is 27.2. The fourth-order valence-corrected chi connectivity index (χ4v) is 10.5. The lowest BCUT2D eigenvalue weighted by Crippen LogP contribution is -2.60. The standard InChI is InChI=1S/C52H52N2O2/c1-7-9-31-53-43-25-17-15-23-41(43)49(3,4)51(53)29-27-37-33-35-19-11-13-21-39(35)45(47(37)55-51)46-40-22-14-12-20-36(40)34-38-28-30-52(56-48(38)46)50(5,6)42-24-16-18-26-44(42)54(52)32-10-8-2/h11-30,33-34H,7-10,31-32H2,1-6H3. The number of unbranched alkanes of at least 4 members (excludes halogenated alkanes) is 2. The first kappa shape index (κ1) is 35.0. The number of hydrogen-bond acceptors (Lipinski definition) is 4. The van der Waals surface area contributed by atoms with Crippen molar-refractivity contribution in [3.8, 4) is 22.6 Å². The molecule has 0 radical (unpaired) electrons. The Balaban J connectivity index is 1.25. The lowest BCUT2D eigenvalue weighted by atomic mass is 9.75. The van der Waals surface area contributed by atoms with Gasteiger partial charge in [-0.15, -0.1) is 0 Å². The highest BCUT2D eigenvalue weighted by Crippen LogP contribution is 2.61. The summed E-state index contributed by atoms with van der Waals surface area (Å²) in [7, 11) is 0. The van der Waals surface area contributed by atoms with Crippen LogP contribution < -0.4 is 19.3 Å². The molecular weight excluding hydrogens is 685 g/mol. The van der Waals surface area contributed by atoms with Gasteiger partial charge in [-0.25, -0.2) is 0 Å². The molecule has 4 aliphatic rings. The zero-order chi connectivity index (χ0) is 38.5. The van der Waals surface area contributed by atoms with E-state index in [0.29, 0.717) is 0 Å². The molecular formula is C52H52N2O2. The van der Waals surface area contributed by atoms with E-state index in [2.05, 4.69) is 185 Å². The predicted octanol–water partition coefficient (Wildman–Crippen LogP) is 13.1. The zero-order valence-electron chi connectivity index (χ0n) is 33.7. The van der Waals surface area contributed by atoms with E-state index in [1.807, 2.05) is 0 Å². The molecule has 0 saturated carbocycles. The Morgan fingerprint density at radius 3 is 1.32 bits per heavy atom. The van der Waals surface area contributed by atoms with Crippen LogP contribution >= 0.6 is 0 Å². The number of para-hydroxylation sites is 2. The summed E-state index contributed by atoms with van der Waals surface area (Å²) >= 11 is 0. The molecule has 0 aliphatic carbocycles. The third-order valence-electron chi connectivity index (χ3n) is 13.6. The van der Waals surface area contributed by atoms with Crippen molar-refractivity contribution >= 4 is 45.1 Å². The van der Waals surface area contributed by atoms with Crippen molar-refractivity contribution in [2.24, 2.45) is 0 Å². The van der Waals surface area contributed by atoms with Crippen LogP contribution in [-0.4, -0.2) is 24.5 Å². The molecule has 0 N–H and O–H groups in total. The monoisotopic (exact) mass is 736 g/mol. The second-order valence-corrected chi connectivity index (χ2v) is 17.3. The topological polar surface area (TPSA) is 24.9 Å². The van der Waals surface area contributed by atoms with Crippen LogP contribution in [0.4, 0.5) is 11.4 Å². The molecule has 56 heavy (non-hydrogen) atoms.